The molecular weight excluding hydrogens is 507 g/mol. The van der Waals surface area contributed by atoms with Gasteiger partial charge in [-0.05, 0) is 38.4 Å². The van der Waals surface area contributed by atoms with Crippen LogP contribution in [0.3, 0.4) is 0 Å². The number of aryl methyl sites for hydroxylation is 1. The van der Waals surface area contributed by atoms with E-state index in [1.165, 1.54) is 18.7 Å². The summed E-state index contributed by atoms with van der Waals surface area (Å²) in [6.45, 7) is 9.59. The molecule has 0 unspecified atom stereocenters. The fourth-order valence-corrected chi connectivity index (χ4v) is 4.24. The average Bonchev–Trinajstić information content (AvgIpc) is 3.18. The molecule has 1 aliphatic heterocycles. The highest BCUT2D eigenvalue weighted by Crippen LogP contribution is 2.15. The Labute approximate surface area is 202 Å². The highest BCUT2D eigenvalue weighted by atomic mass is 127. The third-order valence-electron chi connectivity index (χ3n) is 5.25. The van der Waals surface area contributed by atoms with E-state index >= 15 is 0 Å². The summed E-state index contributed by atoms with van der Waals surface area (Å²) >= 11 is 1.71. The minimum absolute atomic E-state index is 0. The van der Waals surface area contributed by atoms with Crippen LogP contribution in [-0.2, 0) is 6.42 Å². The molecule has 3 rings (SSSR count). The second kappa shape index (κ2) is 13.8. The number of para-hydroxylation sites is 1. The van der Waals surface area contributed by atoms with Gasteiger partial charge in [0.25, 0.3) is 0 Å². The van der Waals surface area contributed by atoms with E-state index in [2.05, 4.69) is 66.1 Å². The highest BCUT2D eigenvalue weighted by Gasteiger charge is 2.16. The van der Waals surface area contributed by atoms with Crippen molar-refractivity contribution in [3.05, 3.63) is 46.4 Å². The van der Waals surface area contributed by atoms with Gasteiger partial charge < -0.3 is 15.5 Å². The van der Waals surface area contributed by atoms with Crippen LogP contribution in [0.1, 0.15) is 23.5 Å². The first-order valence-corrected chi connectivity index (χ1v) is 11.5. The Morgan fingerprint density at radius 1 is 1.07 bits per heavy atom. The van der Waals surface area contributed by atoms with Crippen molar-refractivity contribution in [3.8, 4) is 0 Å². The average molecular weight is 543 g/mol. The summed E-state index contributed by atoms with van der Waals surface area (Å²) in [6, 6.07) is 10.7. The van der Waals surface area contributed by atoms with Crippen molar-refractivity contribution in [1.82, 2.24) is 20.5 Å². The zero-order valence-electron chi connectivity index (χ0n) is 18.1. The van der Waals surface area contributed by atoms with Crippen LogP contribution in [-0.4, -0.2) is 68.7 Å². The number of nitrogens with zero attached hydrogens (tertiary/aromatic N) is 4. The zero-order chi connectivity index (χ0) is 20.3. The van der Waals surface area contributed by atoms with Crippen molar-refractivity contribution in [2.75, 3.05) is 57.8 Å². The van der Waals surface area contributed by atoms with Crippen LogP contribution in [0.4, 0.5) is 5.69 Å². The summed E-state index contributed by atoms with van der Waals surface area (Å²) in [4.78, 5) is 13.9. The Balaban J connectivity index is 0.00000320. The highest BCUT2D eigenvalue weighted by molar-refractivity contribution is 14.0. The van der Waals surface area contributed by atoms with Crippen LogP contribution in [0.15, 0.2) is 40.7 Å². The fraction of sp³-hybridized carbons (Fsp3) is 0.545. The number of anilines is 1. The van der Waals surface area contributed by atoms with Gasteiger partial charge in [0.1, 0.15) is 0 Å². The third-order valence-corrected chi connectivity index (χ3v) is 6.07. The number of benzene rings is 1. The Hall–Kier alpha value is -1.39. The molecule has 2 aromatic rings. The van der Waals surface area contributed by atoms with Crippen LogP contribution in [0.5, 0.6) is 0 Å². The molecule has 2 N–H and O–H groups in total. The number of halogens is 1. The summed E-state index contributed by atoms with van der Waals surface area (Å²) in [5, 5.41) is 10.1. The maximum atomic E-state index is 4.50. The van der Waals surface area contributed by atoms with E-state index in [0.717, 1.165) is 68.8 Å². The predicted octanol–water partition coefficient (Wildman–Crippen LogP) is 3.38. The van der Waals surface area contributed by atoms with Crippen molar-refractivity contribution < 1.29 is 0 Å². The minimum Gasteiger partial charge on any atom is -0.369 e. The fourth-order valence-electron chi connectivity index (χ4n) is 3.59. The summed E-state index contributed by atoms with van der Waals surface area (Å²) in [5.41, 5.74) is 2.50. The lowest BCUT2D eigenvalue weighted by atomic mass is 10.2. The number of hydrogen-bond donors (Lipinski definition) is 2. The van der Waals surface area contributed by atoms with Crippen LogP contribution >= 0.6 is 35.3 Å². The van der Waals surface area contributed by atoms with Gasteiger partial charge in [-0.3, -0.25) is 9.89 Å². The van der Waals surface area contributed by atoms with Gasteiger partial charge in [-0.15, -0.1) is 35.3 Å². The van der Waals surface area contributed by atoms with E-state index in [4.69, 9.17) is 0 Å². The first kappa shape index (κ1) is 24.9. The van der Waals surface area contributed by atoms with Crippen molar-refractivity contribution >= 4 is 47.0 Å². The van der Waals surface area contributed by atoms with Gasteiger partial charge in [-0.25, -0.2) is 4.98 Å². The standard InChI is InChI=1S/C22H34N6S.HI/c1-19-26-20(18-29-19)10-12-25-22(23-2)24-11-6-7-13-27-14-16-28(17-15-27)21-8-4-3-5-9-21;/h3-5,8-9,18H,6-7,10-17H2,1-2H3,(H2,23,24,25);1H. The summed E-state index contributed by atoms with van der Waals surface area (Å²) in [7, 11) is 1.83. The molecule has 0 saturated carbocycles. The van der Waals surface area contributed by atoms with Crippen LogP contribution < -0.4 is 15.5 Å². The Kier molecular flexibility index (Phi) is 11.5. The topological polar surface area (TPSA) is 55.8 Å². The van der Waals surface area contributed by atoms with Crippen LogP contribution in [0, 0.1) is 6.92 Å². The van der Waals surface area contributed by atoms with E-state index < -0.39 is 0 Å². The lowest BCUT2D eigenvalue weighted by Gasteiger charge is -2.36. The molecule has 6 nitrogen and oxygen atoms in total. The summed E-state index contributed by atoms with van der Waals surface area (Å²) in [6.07, 6.45) is 3.30. The van der Waals surface area contributed by atoms with Gasteiger partial charge in [0, 0.05) is 63.8 Å². The zero-order valence-corrected chi connectivity index (χ0v) is 21.3. The first-order chi connectivity index (χ1) is 14.2. The van der Waals surface area contributed by atoms with Gasteiger partial charge in [0.2, 0.25) is 0 Å². The second-order valence-corrected chi connectivity index (χ2v) is 8.47. The van der Waals surface area contributed by atoms with Gasteiger partial charge in [-0.2, -0.15) is 0 Å². The molecule has 0 aliphatic carbocycles. The predicted molar refractivity (Wildman–Crippen MR) is 140 cm³/mol. The SMILES string of the molecule is CN=C(NCCCCN1CCN(c2ccccc2)CC1)NCCc1csc(C)n1.I. The maximum absolute atomic E-state index is 4.50. The lowest BCUT2D eigenvalue weighted by molar-refractivity contribution is 0.253. The second-order valence-electron chi connectivity index (χ2n) is 7.40. The van der Waals surface area contributed by atoms with Gasteiger partial charge in [0.15, 0.2) is 5.96 Å². The van der Waals surface area contributed by atoms with Gasteiger partial charge >= 0.3 is 0 Å². The number of guanidine groups is 1. The maximum Gasteiger partial charge on any atom is 0.190 e. The normalized spacial score (nSPS) is 15.0. The monoisotopic (exact) mass is 542 g/mol. The molecular formula is C22H35IN6S. The van der Waals surface area contributed by atoms with Crippen molar-refractivity contribution in [2.45, 2.75) is 26.2 Å². The lowest BCUT2D eigenvalue weighted by Crippen LogP contribution is -2.46. The van der Waals surface area contributed by atoms with E-state index in [1.807, 2.05) is 14.0 Å². The van der Waals surface area contributed by atoms with Crippen LogP contribution in [0.25, 0.3) is 0 Å². The number of piperazine rings is 1. The Morgan fingerprint density at radius 2 is 1.80 bits per heavy atom. The third kappa shape index (κ3) is 8.39. The summed E-state index contributed by atoms with van der Waals surface area (Å²) < 4.78 is 0. The molecule has 0 radical (unpaired) electrons. The van der Waals surface area contributed by atoms with E-state index in [9.17, 15) is 0 Å². The molecule has 30 heavy (non-hydrogen) atoms. The molecule has 8 heteroatoms. The molecule has 1 aromatic heterocycles. The van der Waals surface area contributed by atoms with Crippen LogP contribution in [0.2, 0.25) is 0 Å². The minimum atomic E-state index is 0. The quantitative estimate of drug-likeness (QED) is 0.220. The number of nitrogens with one attached hydrogen (secondary N) is 2. The van der Waals surface area contributed by atoms with Crippen molar-refractivity contribution in [2.24, 2.45) is 4.99 Å². The van der Waals surface area contributed by atoms with Gasteiger partial charge in [-0.1, -0.05) is 18.2 Å². The van der Waals surface area contributed by atoms with Crippen molar-refractivity contribution in [3.63, 3.8) is 0 Å². The largest absolute Gasteiger partial charge is 0.369 e. The molecule has 0 amide bonds. The molecule has 1 fully saturated rings. The van der Waals surface area contributed by atoms with Gasteiger partial charge in [0.05, 0.1) is 10.7 Å². The molecule has 0 atom stereocenters. The van der Waals surface area contributed by atoms with E-state index in [-0.39, 0.29) is 24.0 Å². The molecule has 166 valence electrons. The first-order valence-electron chi connectivity index (χ1n) is 10.6. The number of thiazole rings is 1. The van der Waals surface area contributed by atoms with E-state index in [0.29, 0.717) is 0 Å². The molecule has 1 saturated heterocycles. The molecule has 2 heterocycles. The molecule has 1 aromatic carbocycles. The Bertz CT molecular complexity index is 743. The molecule has 0 spiro atoms. The Morgan fingerprint density at radius 3 is 2.47 bits per heavy atom. The van der Waals surface area contributed by atoms with E-state index in [1.54, 1.807) is 11.3 Å². The number of aliphatic imine (C=N–C) groups is 1. The smallest absolute Gasteiger partial charge is 0.190 e. The molecule has 1 aliphatic rings. The number of hydrogen-bond acceptors (Lipinski definition) is 5. The number of aromatic nitrogens is 1. The number of rotatable bonds is 9. The van der Waals surface area contributed by atoms with Crippen molar-refractivity contribution in [1.29, 1.82) is 0 Å². The number of unbranched alkanes of at least 4 members (excludes halogenated alkanes) is 1. The summed E-state index contributed by atoms with van der Waals surface area (Å²) in [5.74, 6) is 0.883. The molecule has 0 bridgehead atoms.